The second-order valence-corrected chi connectivity index (χ2v) is 4.83. The summed E-state index contributed by atoms with van der Waals surface area (Å²) in [5, 5.41) is 17.6. The molecule has 0 aromatic carbocycles. The molecular formula is C12H18O4S. The van der Waals surface area contributed by atoms with Crippen molar-refractivity contribution in [3.63, 3.8) is 0 Å². The van der Waals surface area contributed by atoms with Crippen LogP contribution in [0.2, 0.25) is 0 Å². The van der Waals surface area contributed by atoms with Gasteiger partial charge in [-0.3, -0.25) is 0 Å². The molecule has 0 bridgehead atoms. The molecule has 0 saturated heterocycles. The van der Waals surface area contributed by atoms with Crippen molar-refractivity contribution < 1.29 is 19.7 Å². The van der Waals surface area contributed by atoms with Crippen molar-refractivity contribution in [2.24, 2.45) is 0 Å². The number of carboxylic acid groups (broad SMARTS) is 1. The van der Waals surface area contributed by atoms with E-state index in [4.69, 9.17) is 14.9 Å². The fourth-order valence-corrected chi connectivity index (χ4v) is 2.30. The molecular weight excluding hydrogens is 240 g/mol. The van der Waals surface area contributed by atoms with Crippen molar-refractivity contribution in [1.82, 2.24) is 0 Å². The van der Waals surface area contributed by atoms with E-state index < -0.39 is 5.97 Å². The lowest BCUT2D eigenvalue weighted by Crippen LogP contribution is -2.01. The molecule has 0 aliphatic carbocycles. The number of aliphatic hydroxyl groups is 1. The number of unbranched alkanes of at least 4 members (excludes halogenated alkanes) is 2. The highest BCUT2D eigenvalue weighted by Gasteiger charge is 2.15. The maximum Gasteiger partial charge on any atom is 0.349 e. The van der Waals surface area contributed by atoms with E-state index in [-0.39, 0.29) is 11.5 Å². The second-order valence-electron chi connectivity index (χ2n) is 3.70. The molecule has 1 aromatic heterocycles. The van der Waals surface area contributed by atoms with Crippen LogP contribution in [0.5, 0.6) is 5.75 Å². The summed E-state index contributed by atoms with van der Waals surface area (Å²) in [7, 11) is 0. The molecule has 2 N–H and O–H groups in total. The van der Waals surface area contributed by atoms with Gasteiger partial charge in [-0.05, 0) is 31.7 Å². The lowest BCUT2D eigenvalue weighted by Gasteiger charge is -2.04. The van der Waals surface area contributed by atoms with Crippen molar-refractivity contribution in [3.8, 4) is 5.75 Å². The number of rotatable bonds is 8. The smallest absolute Gasteiger partial charge is 0.349 e. The van der Waals surface area contributed by atoms with Gasteiger partial charge in [0.1, 0.15) is 5.75 Å². The maximum absolute atomic E-state index is 11.0. The molecule has 0 amide bonds. The quantitative estimate of drug-likeness (QED) is 0.703. The lowest BCUT2D eigenvalue weighted by atomic mass is 10.2. The Labute approximate surface area is 105 Å². The number of carboxylic acids is 1. The van der Waals surface area contributed by atoms with Crippen molar-refractivity contribution in [3.05, 3.63) is 15.8 Å². The topological polar surface area (TPSA) is 66.8 Å². The Hall–Kier alpha value is -1.07. The van der Waals surface area contributed by atoms with Crippen LogP contribution in [0, 0.1) is 0 Å². The SMILES string of the molecule is CCc1cc(OCCCCCO)c(C(=O)O)s1. The summed E-state index contributed by atoms with van der Waals surface area (Å²) in [6, 6.07) is 1.81. The van der Waals surface area contributed by atoms with Gasteiger partial charge in [0.05, 0.1) is 6.61 Å². The van der Waals surface area contributed by atoms with E-state index in [0.717, 1.165) is 30.6 Å². The number of thiophene rings is 1. The summed E-state index contributed by atoms with van der Waals surface area (Å²) in [5.41, 5.74) is 0. The summed E-state index contributed by atoms with van der Waals surface area (Å²) < 4.78 is 5.48. The molecule has 1 rings (SSSR count). The molecule has 17 heavy (non-hydrogen) atoms. The van der Waals surface area contributed by atoms with Gasteiger partial charge in [0, 0.05) is 11.5 Å². The van der Waals surface area contributed by atoms with Gasteiger partial charge in [-0.1, -0.05) is 6.92 Å². The minimum atomic E-state index is -0.931. The van der Waals surface area contributed by atoms with Gasteiger partial charge in [0.2, 0.25) is 0 Å². The zero-order valence-corrected chi connectivity index (χ0v) is 10.8. The van der Waals surface area contributed by atoms with Crippen LogP contribution in [0.4, 0.5) is 0 Å². The summed E-state index contributed by atoms with van der Waals surface area (Å²) in [6.45, 7) is 2.68. The third-order valence-corrected chi connectivity index (χ3v) is 3.60. The summed E-state index contributed by atoms with van der Waals surface area (Å²) in [6.07, 6.45) is 3.30. The van der Waals surface area contributed by atoms with Crippen LogP contribution in [0.15, 0.2) is 6.07 Å². The van der Waals surface area contributed by atoms with Gasteiger partial charge in [0.25, 0.3) is 0 Å². The van der Waals surface area contributed by atoms with Crippen LogP contribution in [0.1, 0.15) is 40.7 Å². The molecule has 0 spiro atoms. The van der Waals surface area contributed by atoms with E-state index in [1.165, 1.54) is 11.3 Å². The molecule has 0 fully saturated rings. The minimum Gasteiger partial charge on any atom is -0.492 e. The Bertz CT molecular complexity index is 359. The first-order valence-corrected chi connectivity index (χ1v) is 6.60. The van der Waals surface area contributed by atoms with Gasteiger partial charge in [-0.25, -0.2) is 4.79 Å². The summed E-state index contributed by atoms with van der Waals surface area (Å²) in [4.78, 5) is 12.3. The summed E-state index contributed by atoms with van der Waals surface area (Å²) in [5.74, 6) is -0.455. The van der Waals surface area contributed by atoms with Crippen molar-refractivity contribution in [1.29, 1.82) is 0 Å². The number of hydrogen-bond acceptors (Lipinski definition) is 4. The van der Waals surface area contributed by atoms with Crippen LogP contribution < -0.4 is 4.74 Å². The first kappa shape index (κ1) is 14.0. The molecule has 1 heterocycles. The molecule has 0 aliphatic heterocycles. The Morgan fingerprint density at radius 3 is 2.76 bits per heavy atom. The van der Waals surface area contributed by atoms with E-state index in [2.05, 4.69) is 0 Å². The molecule has 0 unspecified atom stereocenters. The number of carbonyl (C=O) groups is 1. The zero-order valence-electron chi connectivity index (χ0n) is 9.94. The summed E-state index contributed by atoms with van der Waals surface area (Å²) >= 11 is 1.27. The molecule has 96 valence electrons. The third-order valence-electron chi connectivity index (χ3n) is 2.35. The maximum atomic E-state index is 11.0. The van der Waals surface area contributed by atoms with Gasteiger partial charge in [0.15, 0.2) is 4.88 Å². The highest BCUT2D eigenvalue weighted by atomic mass is 32.1. The average Bonchev–Trinajstić information content (AvgIpc) is 2.72. The lowest BCUT2D eigenvalue weighted by molar-refractivity contribution is 0.0698. The predicted octanol–water partition coefficient (Wildman–Crippen LogP) is 2.55. The number of aliphatic hydroxyl groups excluding tert-OH is 1. The van der Waals surface area contributed by atoms with Crippen molar-refractivity contribution in [2.45, 2.75) is 32.6 Å². The van der Waals surface area contributed by atoms with Crippen LogP contribution in [0.3, 0.4) is 0 Å². The zero-order chi connectivity index (χ0) is 12.7. The standard InChI is InChI=1S/C12H18O4S/c1-2-9-8-10(11(17-9)12(14)15)16-7-5-3-4-6-13/h8,13H,2-7H2,1H3,(H,14,15). The van der Waals surface area contributed by atoms with E-state index in [0.29, 0.717) is 12.4 Å². The first-order valence-electron chi connectivity index (χ1n) is 5.78. The fraction of sp³-hybridized carbons (Fsp3) is 0.583. The van der Waals surface area contributed by atoms with Gasteiger partial charge in [-0.15, -0.1) is 11.3 Å². The van der Waals surface area contributed by atoms with Crippen molar-refractivity contribution in [2.75, 3.05) is 13.2 Å². The predicted molar refractivity (Wildman–Crippen MR) is 67.1 cm³/mol. The first-order chi connectivity index (χ1) is 8.19. The Balaban J connectivity index is 2.51. The van der Waals surface area contributed by atoms with Gasteiger partial charge >= 0.3 is 5.97 Å². The van der Waals surface area contributed by atoms with E-state index in [1.807, 2.05) is 6.92 Å². The van der Waals surface area contributed by atoms with E-state index in [1.54, 1.807) is 6.07 Å². The van der Waals surface area contributed by atoms with E-state index >= 15 is 0 Å². The van der Waals surface area contributed by atoms with Gasteiger partial charge < -0.3 is 14.9 Å². The Kier molecular flexibility index (Phi) is 6.00. The third kappa shape index (κ3) is 4.36. The highest BCUT2D eigenvalue weighted by molar-refractivity contribution is 7.14. The number of aryl methyl sites for hydroxylation is 1. The number of ether oxygens (including phenoxy) is 1. The van der Waals surface area contributed by atoms with Crippen LogP contribution in [0.25, 0.3) is 0 Å². The average molecular weight is 258 g/mol. The minimum absolute atomic E-state index is 0.193. The molecule has 0 aliphatic rings. The Morgan fingerprint density at radius 1 is 1.41 bits per heavy atom. The highest BCUT2D eigenvalue weighted by Crippen LogP contribution is 2.30. The second kappa shape index (κ2) is 7.29. The van der Waals surface area contributed by atoms with Gasteiger partial charge in [-0.2, -0.15) is 0 Å². The monoisotopic (exact) mass is 258 g/mol. The number of hydrogen-bond donors (Lipinski definition) is 2. The van der Waals surface area contributed by atoms with Crippen LogP contribution >= 0.6 is 11.3 Å². The van der Waals surface area contributed by atoms with Crippen molar-refractivity contribution >= 4 is 17.3 Å². The molecule has 4 nitrogen and oxygen atoms in total. The molecule has 0 atom stereocenters. The molecule has 0 radical (unpaired) electrons. The van der Waals surface area contributed by atoms with E-state index in [9.17, 15) is 4.79 Å². The molecule has 1 aromatic rings. The van der Waals surface area contributed by atoms with Crippen LogP contribution in [-0.2, 0) is 6.42 Å². The van der Waals surface area contributed by atoms with Crippen LogP contribution in [-0.4, -0.2) is 29.4 Å². The fourth-order valence-electron chi connectivity index (χ4n) is 1.43. The molecule has 5 heteroatoms. The normalized spacial score (nSPS) is 10.5. The Morgan fingerprint density at radius 2 is 2.18 bits per heavy atom. The number of aromatic carboxylic acids is 1. The largest absolute Gasteiger partial charge is 0.492 e. The molecule has 0 saturated carbocycles.